The Labute approximate surface area is 79.5 Å². The standard InChI is InChI=1S/C10H17ClO/c1-7(2)10(11)5-4-8(3)6-9(10)12/h7-8H,4-6H2,1-3H3/t8-,10+/m1/s1. The molecule has 0 saturated heterocycles. The molecule has 0 unspecified atom stereocenters. The van der Waals surface area contributed by atoms with Gasteiger partial charge in [0.05, 0.1) is 0 Å². The summed E-state index contributed by atoms with van der Waals surface area (Å²) in [6, 6.07) is 0. The van der Waals surface area contributed by atoms with Crippen molar-refractivity contribution >= 4 is 17.4 Å². The molecule has 0 heterocycles. The maximum atomic E-state index is 11.6. The molecule has 0 aliphatic heterocycles. The SMILES string of the molecule is CC(C)[C@@]1(Cl)CC[C@@H](C)CC1=O. The van der Waals surface area contributed by atoms with E-state index in [1.165, 1.54) is 0 Å². The first kappa shape index (κ1) is 10.0. The van der Waals surface area contributed by atoms with Gasteiger partial charge < -0.3 is 0 Å². The predicted octanol–water partition coefficient (Wildman–Crippen LogP) is 3.01. The molecule has 0 spiro atoms. The van der Waals surface area contributed by atoms with Gasteiger partial charge in [-0.15, -0.1) is 11.6 Å². The van der Waals surface area contributed by atoms with Gasteiger partial charge in [0, 0.05) is 6.42 Å². The highest BCUT2D eigenvalue weighted by Gasteiger charge is 2.42. The molecule has 0 amide bonds. The van der Waals surface area contributed by atoms with E-state index < -0.39 is 4.87 Å². The molecule has 1 aliphatic carbocycles. The maximum Gasteiger partial charge on any atom is 0.154 e. The van der Waals surface area contributed by atoms with Gasteiger partial charge in [0.25, 0.3) is 0 Å². The summed E-state index contributed by atoms with van der Waals surface area (Å²) < 4.78 is 0. The monoisotopic (exact) mass is 188 g/mol. The van der Waals surface area contributed by atoms with Gasteiger partial charge in [-0.3, -0.25) is 4.79 Å². The van der Waals surface area contributed by atoms with Gasteiger partial charge in [-0.2, -0.15) is 0 Å². The molecule has 1 saturated carbocycles. The second kappa shape index (κ2) is 3.37. The molecule has 1 nitrogen and oxygen atoms in total. The Kier molecular flexibility index (Phi) is 2.82. The van der Waals surface area contributed by atoms with E-state index >= 15 is 0 Å². The van der Waals surface area contributed by atoms with Crippen LogP contribution in [0.25, 0.3) is 0 Å². The second-order valence-corrected chi connectivity index (χ2v) is 4.96. The van der Waals surface area contributed by atoms with Gasteiger partial charge in [0.2, 0.25) is 0 Å². The number of carbonyl (C=O) groups is 1. The number of ketones is 1. The maximum absolute atomic E-state index is 11.6. The van der Waals surface area contributed by atoms with Gasteiger partial charge in [-0.05, 0) is 24.7 Å². The van der Waals surface area contributed by atoms with Crippen LogP contribution in [0.3, 0.4) is 0 Å². The minimum absolute atomic E-state index is 0.248. The third kappa shape index (κ3) is 1.66. The van der Waals surface area contributed by atoms with E-state index in [-0.39, 0.29) is 11.7 Å². The van der Waals surface area contributed by atoms with Gasteiger partial charge in [0.1, 0.15) is 4.87 Å². The summed E-state index contributed by atoms with van der Waals surface area (Å²) in [6.45, 7) is 6.18. The fourth-order valence-electron chi connectivity index (χ4n) is 1.79. The van der Waals surface area contributed by atoms with Crippen LogP contribution in [0.2, 0.25) is 0 Å². The van der Waals surface area contributed by atoms with E-state index in [1.54, 1.807) is 0 Å². The third-order valence-corrected chi connectivity index (χ3v) is 3.75. The lowest BCUT2D eigenvalue weighted by molar-refractivity contribution is -0.125. The summed E-state index contributed by atoms with van der Waals surface area (Å²) >= 11 is 6.28. The minimum atomic E-state index is -0.549. The van der Waals surface area contributed by atoms with Crippen LogP contribution in [0.5, 0.6) is 0 Å². The Morgan fingerprint density at radius 1 is 1.58 bits per heavy atom. The zero-order chi connectivity index (χ0) is 9.35. The molecule has 0 aromatic rings. The first-order chi connectivity index (χ1) is 5.47. The molecule has 0 aromatic heterocycles. The van der Waals surface area contributed by atoms with E-state index in [0.717, 1.165) is 12.8 Å². The lowest BCUT2D eigenvalue weighted by Crippen LogP contribution is -2.42. The van der Waals surface area contributed by atoms with E-state index in [4.69, 9.17) is 11.6 Å². The zero-order valence-corrected chi connectivity index (χ0v) is 8.82. The number of rotatable bonds is 1. The largest absolute Gasteiger partial charge is 0.298 e. The predicted molar refractivity (Wildman–Crippen MR) is 51.4 cm³/mol. The van der Waals surface area contributed by atoms with Crippen molar-refractivity contribution in [3.8, 4) is 0 Å². The molecule has 1 rings (SSSR count). The lowest BCUT2D eigenvalue weighted by atomic mass is 9.76. The highest BCUT2D eigenvalue weighted by Crippen LogP contribution is 2.39. The van der Waals surface area contributed by atoms with E-state index in [9.17, 15) is 4.79 Å². The van der Waals surface area contributed by atoms with Crippen molar-refractivity contribution < 1.29 is 4.79 Å². The van der Waals surface area contributed by atoms with Gasteiger partial charge >= 0.3 is 0 Å². The van der Waals surface area contributed by atoms with Crippen LogP contribution in [0.1, 0.15) is 40.0 Å². The van der Waals surface area contributed by atoms with Crippen molar-refractivity contribution in [2.45, 2.75) is 44.9 Å². The summed E-state index contributed by atoms with van der Waals surface area (Å²) in [7, 11) is 0. The van der Waals surface area contributed by atoms with Crippen LogP contribution in [-0.4, -0.2) is 10.7 Å². The van der Waals surface area contributed by atoms with Crippen LogP contribution in [0.4, 0.5) is 0 Å². The number of alkyl halides is 1. The third-order valence-electron chi connectivity index (χ3n) is 2.91. The van der Waals surface area contributed by atoms with Crippen molar-refractivity contribution in [2.75, 3.05) is 0 Å². The highest BCUT2D eigenvalue weighted by molar-refractivity contribution is 6.35. The minimum Gasteiger partial charge on any atom is -0.298 e. The Morgan fingerprint density at radius 3 is 2.58 bits per heavy atom. The van der Waals surface area contributed by atoms with E-state index in [0.29, 0.717) is 12.3 Å². The molecule has 2 atom stereocenters. The molecule has 12 heavy (non-hydrogen) atoms. The van der Waals surface area contributed by atoms with Gasteiger partial charge in [-0.1, -0.05) is 20.8 Å². The first-order valence-corrected chi connectivity index (χ1v) is 5.07. The summed E-state index contributed by atoms with van der Waals surface area (Å²) in [5.41, 5.74) is 0. The highest BCUT2D eigenvalue weighted by atomic mass is 35.5. The van der Waals surface area contributed by atoms with Crippen molar-refractivity contribution in [3.05, 3.63) is 0 Å². The fraction of sp³-hybridized carbons (Fsp3) is 0.900. The zero-order valence-electron chi connectivity index (χ0n) is 8.06. The molecule has 70 valence electrons. The Bertz CT molecular complexity index is 188. The van der Waals surface area contributed by atoms with E-state index in [1.807, 2.05) is 13.8 Å². The Hall–Kier alpha value is -0.0400. The smallest absolute Gasteiger partial charge is 0.154 e. The van der Waals surface area contributed by atoms with E-state index in [2.05, 4.69) is 6.92 Å². The fourth-order valence-corrected chi connectivity index (χ4v) is 1.98. The van der Waals surface area contributed by atoms with Crippen LogP contribution < -0.4 is 0 Å². The van der Waals surface area contributed by atoms with Crippen LogP contribution in [-0.2, 0) is 4.79 Å². The molecule has 0 N–H and O–H groups in total. The van der Waals surface area contributed by atoms with Crippen molar-refractivity contribution in [3.63, 3.8) is 0 Å². The summed E-state index contributed by atoms with van der Waals surface area (Å²) in [6.07, 6.45) is 2.61. The summed E-state index contributed by atoms with van der Waals surface area (Å²) in [5.74, 6) is 1.04. The summed E-state index contributed by atoms with van der Waals surface area (Å²) in [4.78, 5) is 11.1. The van der Waals surface area contributed by atoms with Gasteiger partial charge in [0.15, 0.2) is 5.78 Å². The first-order valence-electron chi connectivity index (χ1n) is 4.69. The van der Waals surface area contributed by atoms with Crippen molar-refractivity contribution in [2.24, 2.45) is 11.8 Å². The average molecular weight is 189 g/mol. The molecule has 0 aromatic carbocycles. The number of Topliss-reactive ketones (excluding diaryl/α,β-unsaturated/α-hetero) is 1. The molecular formula is C10H17ClO. The topological polar surface area (TPSA) is 17.1 Å². The Morgan fingerprint density at radius 2 is 2.17 bits per heavy atom. The van der Waals surface area contributed by atoms with Crippen LogP contribution in [0.15, 0.2) is 0 Å². The molecule has 1 aliphatic rings. The molecule has 0 radical (unpaired) electrons. The average Bonchev–Trinajstić information content (AvgIpc) is 1.97. The number of carbonyl (C=O) groups excluding carboxylic acids is 1. The number of hydrogen-bond acceptors (Lipinski definition) is 1. The van der Waals surface area contributed by atoms with Gasteiger partial charge in [-0.25, -0.2) is 0 Å². The quantitative estimate of drug-likeness (QED) is 0.579. The lowest BCUT2D eigenvalue weighted by Gasteiger charge is -2.35. The van der Waals surface area contributed by atoms with Crippen LogP contribution in [0, 0.1) is 11.8 Å². The van der Waals surface area contributed by atoms with Crippen molar-refractivity contribution in [1.29, 1.82) is 0 Å². The van der Waals surface area contributed by atoms with Crippen molar-refractivity contribution in [1.82, 2.24) is 0 Å². The van der Waals surface area contributed by atoms with Crippen LogP contribution >= 0.6 is 11.6 Å². The molecule has 2 heteroatoms. The second-order valence-electron chi connectivity index (χ2n) is 4.29. The molecular weight excluding hydrogens is 172 g/mol. The Balaban J connectivity index is 2.73. The molecule has 1 fully saturated rings. The molecule has 0 bridgehead atoms. The number of halogens is 1. The number of hydrogen-bond donors (Lipinski definition) is 0. The normalized spacial score (nSPS) is 37.4. The summed E-state index contributed by atoms with van der Waals surface area (Å²) in [5, 5.41) is 0.